The molecule has 0 N–H and O–H groups in total. The third-order valence-electron chi connectivity index (χ3n) is 9.51. The maximum Gasteiger partial charge on any atom is 0.338 e. The van der Waals surface area contributed by atoms with Gasteiger partial charge in [-0.2, -0.15) is 0 Å². The van der Waals surface area contributed by atoms with E-state index in [1.54, 1.807) is 0 Å². The summed E-state index contributed by atoms with van der Waals surface area (Å²) in [6.07, 6.45) is 0.927. The van der Waals surface area contributed by atoms with Crippen LogP contribution in [0.3, 0.4) is 0 Å². The highest BCUT2D eigenvalue weighted by Crippen LogP contribution is 2.62. The Kier molecular flexibility index (Phi) is 5.31. The van der Waals surface area contributed by atoms with Crippen LogP contribution in [0.2, 0.25) is 0 Å². The molecule has 2 saturated carbocycles. The van der Waals surface area contributed by atoms with Gasteiger partial charge < -0.3 is 9.47 Å². The Hall–Kier alpha value is -4.44. The lowest BCUT2D eigenvalue weighted by atomic mass is 9.76. The molecule has 0 aliphatic heterocycles. The summed E-state index contributed by atoms with van der Waals surface area (Å²) in [5.41, 5.74) is 3.77. The summed E-state index contributed by atoms with van der Waals surface area (Å²) in [5.74, 6) is 0.275. The van der Waals surface area contributed by atoms with Crippen molar-refractivity contribution in [3.05, 3.63) is 131 Å². The molecule has 5 aromatic rings. The summed E-state index contributed by atoms with van der Waals surface area (Å²) in [6.45, 7) is 0. The Morgan fingerprint density at radius 3 is 1.70 bits per heavy atom. The van der Waals surface area contributed by atoms with Crippen molar-refractivity contribution in [2.45, 2.75) is 31.0 Å². The molecule has 3 aliphatic rings. The maximum atomic E-state index is 13.5. The van der Waals surface area contributed by atoms with Crippen LogP contribution in [0.1, 0.15) is 44.2 Å². The van der Waals surface area contributed by atoms with Gasteiger partial charge in [0.2, 0.25) is 0 Å². The molecule has 0 radical (unpaired) electrons. The number of carbonyl (C=O) groups is 2. The first kappa shape index (κ1) is 23.4. The zero-order valence-electron chi connectivity index (χ0n) is 21.9. The van der Waals surface area contributed by atoms with Crippen LogP contribution in [0.15, 0.2) is 109 Å². The number of fused-ring (bicyclic) bond motifs is 9. The van der Waals surface area contributed by atoms with E-state index in [2.05, 4.69) is 24.3 Å². The largest absolute Gasteiger partial charge is 0.455 e. The molecule has 0 heterocycles. The number of benzene rings is 5. The van der Waals surface area contributed by atoms with E-state index in [0.717, 1.165) is 34.4 Å². The highest BCUT2D eigenvalue weighted by Gasteiger charge is 2.63. The number of hydrogen-bond donors (Lipinski definition) is 0. The van der Waals surface area contributed by atoms with Crippen LogP contribution >= 0.6 is 0 Å². The van der Waals surface area contributed by atoms with Gasteiger partial charge in [-0.1, -0.05) is 84.9 Å². The average molecular weight is 525 g/mol. The molecule has 6 atom stereocenters. The highest BCUT2D eigenvalue weighted by molar-refractivity contribution is 5.96. The van der Waals surface area contributed by atoms with Crippen molar-refractivity contribution < 1.29 is 19.1 Å². The summed E-state index contributed by atoms with van der Waals surface area (Å²) in [5, 5.41) is 4.14. The number of carbonyl (C=O) groups excluding carboxylic acids is 2. The standard InChI is InChI=1S/C36H28O4/c37-35(26-15-13-21-7-1-3-9-23(21)17-26)39-33-30-20-31(32-28-12-6-5-11-25(28)19-29(30)32)34(33)40-36(38)27-16-14-22-8-2-4-10-24(22)18-27/h1-18,29-34H,19-20H2/t29?,30?,31?,32?,33-,34+/m1/s1. The first-order valence-corrected chi connectivity index (χ1v) is 14.1. The van der Waals surface area contributed by atoms with Gasteiger partial charge in [-0.15, -0.1) is 0 Å². The van der Waals surface area contributed by atoms with Crippen molar-refractivity contribution in [3.63, 3.8) is 0 Å². The van der Waals surface area contributed by atoms with Gasteiger partial charge in [0.1, 0.15) is 12.2 Å². The number of esters is 2. The summed E-state index contributed by atoms with van der Waals surface area (Å²) >= 11 is 0. The second-order valence-electron chi connectivity index (χ2n) is 11.5. The van der Waals surface area contributed by atoms with Gasteiger partial charge in [0.15, 0.2) is 0 Å². The predicted molar refractivity (Wildman–Crippen MR) is 154 cm³/mol. The lowest BCUT2D eigenvalue weighted by Crippen LogP contribution is -2.45. The molecule has 8 rings (SSSR count). The highest BCUT2D eigenvalue weighted by atomic mass is 16.6. The quantitative estimate of drug-likeness (QED) is 0.231. The Bertz CT molecular complexity index is 1810. The van der Waals surface area contributed by atoms with Gasteiger partial charge in [-0.25, -0.2) is 9.59 Å². The molecule has 4 nitrogen and oxygen atoms in total. The van der Waals surface area contributed by atoms with Gasteiger partial charge in [0.05, 0.1) is 11.1 Å². The zero-order chi connectivity index (χ0) is 26.8. The Morgan fingerprint density at radius 1 is 0.550 bits per heavy atom. The summed E-state index contributed by atoms with van der Waals surface area (Å²) in [4.78, 5) is 27.1. The van der Waals surface area contributed by atoms with Crippen LogP contribution in [0, 0.1) is 17.8 Å². The van der Waals surface area contributed by atoms with Crippen LogP contribution in [-0.4, -0.2) is 24.1 Å². The molecule has 4 unspecified atom stereocenters. The van der Waals surface area contributed by atoms with Crippen LogP contribution in [-0.2, 0) is 15.9 Å². The Labute approximate surface area is 232 Å². The molecule has 40 heavy (non-hydrogen) atoms. The van der Waals surface area contributed by atoms with Crippen LogP contribution in [0.4, 0.5) is 0 Å². The predicted octanol–water partition coefficient (Wildman–Crippen LogP) is 7.35. The lowest BCUT2D eigenvalue weighted by molar-refractivity contribution is -0.0698. The van der Waals surface area contributed by atoms with E-state index in [4.69, 9.17) is 9.47 Å². The molecule has 3 aliphatic carbocycles. The van der Waals surface area contributed by atoms with Crippen molar-refractivity contribution >= 4 is 33.5 Å². The SMILES string of the molecule is O=C(O[C@@H]1C2CC(C3c4ccccc4CC32)[C@@H]1OC(=O)c1ccc2ccccc2c1)c1ccc2ccccc2c1. The Balaban J connectivity index is 1.12. The molecule has 196 valence electrons. The molecule has 0 aromatic heterocycles. The van der Waals surface area contributed by atoms with E-state index in [9.17, 15) is 9.59 Å². The molecule has 0 amide bonds. The van der Waals surface area contributed by atoms with Crippen molar-refractivity contribution in [2.75, 3.05) is 0 Å². The second kappa shape index (κ2) is 9.06. The number of rotatable bonds is 4. The smallest absolute Gasteiger partial charge is 0.338 e. The van der Waals surface area contributed by atoms with Gasteiger partial charge >= 0.3 is 11.9 Å². The second-order valence-corrected chi connectivity index (χ2v) is 11.5. The molecular weight excluding hydrogens is 496 g/mol. The minimum Gasteiger partial charge on any atom is -0.455 e. The lowest BCUT2D eigenvalue weighted by Gasteiger charge is -2.37. The van der Waals surface area contributed by atoms with E-state index in [-0.39, 0.29) is 23.8 Å². The molecule has 2 bridgehead atoms. The van der Waals surface area contributed by atoms with E-state index >= 15 is 0 Å². The monoisotopic (exact) mass is 524 g/mol. The normalized spacial score (nSPS) is 26.0. The molecule has 5 aromatic carbocycles. The molecule has 2 fully saturated rings. The third-order valence-corrected chi connectivity index (χ3v) is 9.51. The summed E-state index contributed by atoms with van der Waals surface area (Å²) in [6, 6.07) is 35.9. The minimum atomic E-state index is -0.485. The Morgan fingerprint density at radius 2 is 1.07 bits per heavy atom. The number of hydrogen-bond acceptors (Lipinski definition) is 4. The van der Waals surface area contributed by atoms with Gasteiger partial charge in [0.25, 0.3) is 0 Å². The molecular formula is C36H28O4. The fourth-order valence-corrected chi connectivity index (χ4v) is 7.79. The van der Waals surface area contributed by atoms with Crippen molar-refractivity contribution in [1.82, 2.24) is 0 Å². The molecule has 0 saturated heterocycles. The average Bonchev–Trinajstić information content (AvgIpc) is 3.66. The van der Waals surface area contributed by atoms with Crippen molar-refractivity contribution in [1.29, 1.82) is 0 Å². The topological polar surface area (TPSA) is 52.6 Å². The summed E-state index contributed by atoms with van der Waals surface area (Å²) in [7, 11) is 0. The zero-order valence-corrected chi connectivity index (χ0v) is 21.9. The van der Waals surface area contributed by atoms with Gasteiger partial charge in [-0.3, -0.25) is 0 Å². The van der Waals surface area contributed by atoms with E-state index < -0.39 is 12.2 Å². The third kappa shape index (κ3) is 3.66. The van der Waals surface area contributed by atoms with E-state index in [1.165, 1.54) is 11.1 Å². The van der Waals surface area contributed by atoms with E-state index in [0.29, 0.717) is 23.0 Å². The van der Waals surface area contributed by atoms with Gasteiger partial charge in [0, 0.05) is 11.8 Å². The molecule has 4 heteroatoms. The molecule has 0 spiro atoms. The first-order valence-electron chi connectivity index (χ1n) is 14.1. The minimum absolute atomic E-state index is 0.123. The van der Waals surface area contributed by atoms with Crippen LogP contribution in [0.25, 0.3) is 21.5 Å². The van der Waals surface area contributed by atoms with Crippen molar-refractivity contribution in [2.24, 2.45) is 17.8 Å². The fraction of sp³-hybridized carbons (Fsp3) is 0.222. The van der Waals surface area contributed by atoms with Crippen LogP contribution in [0.5, 0.6) is 0 Å². The fourth-order valence-electron chi connectivity index (χ4n) is 7.79. The van der Waals surface area contributed by atoms with Crippen molar-refractivity contribution in [3.8, 4) is 0 Å². The van der Waals surface area contributed by atoms with Crippen LogP contribution < -0.4 is 0 Å². The summed E-state index contributed by atoms with van der Waals surface area (Å²) < 4.78 is 12.6. The van der Waals surface area contributed by atoms with E-state index in [1.807, 2.05) is 84.9 Å². The number of ether oxygens (including phenoxy) is 2. The van der Waals surface area contributed by atoms with Gasteiger partial charge in [-0.05, 0) is 81.6 Å². The first-order chi connectivity index (χ1) is 19.6. The maximum absolute atomic E-state index is 13.5.